The zero-order valence-corrected chi connectivity index (χ0v) is 10.1. The second-order valence-corrected chi connectivity index (χ2v) is 3.88. The smallest absolute Gasteiger partial charge is 0.0671 e. The summed E-state index contributed by atoms with van der Waals surface area (Å²) < 4.78 is 0. The standard InChI is InChI=1S/C12H23NO2/c1-5-13(6-2)9-7-8-10(3)11(4)12(14)15/h10H,4-9H2,1-3H3,(H,14,15)/p-1. The Labute approximate surface area is 92.8 Å². The molecular weight excluding hydrogens is 190 g/mol. The minimum Gasteiger partial charge on any atom is -0.545 e. The predicted octanol–water partition coefficient (Wildman–Crippen LogP) is 1.05. The lowest BCUT2D eigenvalue weighted by atomic mass is 9.97. The highest BCUT2D eigenvalue weighted by Crippen LogP contribution is 2.14. The zero-order chi connectivity index (χ0) is 11.8. The van der Waals surface area contributed by atoms with Crippen LogP contribution in [0.25, 0.3) is 0 Å². The molecule has 0 saturated heterocycles. The van der Waals surface area contributed by atoms with Gasteiger partial charge in [-0.3, -0.25) is 0 Å². The van der Waals surface area contributed by atoms with Gasteiger partial charge in [0.05, 0.1) is 5.97 Å². The minimum atomic E-state index is -1.12. The second kappa shape index (κ2) is 7.46. The Morgan fingerprint density at radius 3 is 2.33 bits per heavy atom. The van der Waals surface area contributed by atoms with Gasteiger partial charge >= 0.3 is 0 Å². The lowest BCUT2D eigenvalue weighted by molar-refractivity contribution is -0.299. The molecule has 0 bridgehead atoms. The van der Waals surface area contributed by atoms with Crippen molar-refractivity contribution in [1.29, 1.82) is 0 Å². The molecule has 0 aromatic carbocycles. The van der Waals surface area contributed by atoms with E-state index in [0.29, 0.717) is 0 Å². The molecule has 0 aliphatic carbocycles. The third-order valence-corrected chi connectivity index (χ3v) is 2.86. The van der Waals surface area contributed by atoms with E-state index in [4.69, 9.17) is 0 Å². The maximum atomic E-state index is 10.5. The minimum absolute atomic E-state index is 0.0190. The van der Waals surface area contributed by atoms with Crippen molar-refractivity contribution in [3.8, 4) is 0 Å². The Morgan fingerprint density at radius 2 is 1.93 bits per heavy atom. The highest BCUT2D eigenvalue weighted by atomic mass is 16.4. The summed E-state index contributed by atoms with van der Waals surface area (Å²) in [6.45, 7) is 12.8. The van der Waals surface area contributed by atoms with E-state index in [1.54, 1.807) is 0 Å². The molecule has 88 valence electrons. The van der Waals surface area contributed by atoms with Crippen LogP contribution in [-0.4, -0.2) is 30.5 Å². The van der Waals surface area contributed by atoms with Gasteiger partial charge in [-0.1, -0.05) is 27.4 Å². The van der Waals surface area contributed by atoms with Crippen LogP contribution < -0.4 is 5.11 Å². The molecule has 0 spiro atoms. The molecule has 0 radical (unpaired) electrons. The van der Waals surface area contributed by atoms with E-state index in [1.807, 2.05) is 6.92 Å². The van der Waals surface area contributed by atoms with E-state index in [-0.39, 0.29) is 11.5 Å². The number of aliphatic carboxylic acids is 1. The quantitative estimate of drug-likeness (QED) is 0.565. The number of carbonyl (C=O) groups excluding carboxylic acids is 1. The van der Waals surface area contributed by atoms with Gasteiger partial charge in [0, 0.05) is 0 Å². The average Bonchev–Trinajstić information content (AvgIpc) is 2.22. The Bertz CT molecular complexity index is 210. The fourth-order valence-corrected chi connectivity index (χ4v) is 1.54. The summed E-state index contributed by atoms with van der Waals surface area (Å²) in [5, 5.41) is 10.5. The third-order valence-electron chi connectivity index (χ3n) is 2.86. The molecule has 1 unspecified atom stereocenters. The molecule has 0 aromatic heterocycles. The van der Waals surface area contributed by atoms with E-state index in [1.165, 1.54) is 0 Å². The van der Waals surface area contributed by atoms with Crippen LogP contribution in [0, 0.1) is 5.92 Å². The van der Waals surface area contributed by atoms with Crippen molar-refractivity contribution >= 4 is 5.97 Å². The highest BCUT2D eigenvalue weighted by Gasteiger charge is 2.08. The van der Waals surface area contributed by atoms with E-state index in [0.717, 1.165) is 32.5 Å². The van der Waals surface area contributed by atoms with Crippen molar-refractivity contribution in [1.82, 2.24) is 4.90 Å². The SMILES string of the molecule is C=C(C(=O)[O-])C(C)CCCN(CC)CC. The van der Waals surface area contributed by atoms with Gasteiger partial charge in [-0.15, -0.1) is 0 Å². The van der Waals surface area contributed by atoms with Crippen molar-refractivity contribution in [3.05, 3.63) is 12.2 Å². The van der Waals surface area contributed by atoms with Gasteiger partial charge < -0.3 is 14.8 Å². The van der Waals surface area contributed by atoms with E-state index in [2.05, 4.69) is 25.3 Å². The number of hydrogen-bond acceptors (Lipinski definition) is 3. The molecule has 3 nitrogen and oxygen atoms in total. The van der Waals surface area contributed by atoms with Gasteiger partial charge in [0.15, 0.2) is 0 Å². The first-order valence-electron chi connectivity index (χ1n) is 5.65. The molecule has 0 aliphatic rings. The van der Waals surface area contributed by atoms with Crippen LogP contribution in [0.3, 0.4) is 0 Å². The normalized spacial score (nSPS) is 12.8. The Hall–Kier alpha value is -0.830. The average molecular weight is 212 g/mol. The molecule has 1 atom stereocenters. The van der Waals surface area contributed by atoms with Gasteiger partial charge in [-0.2, -0.15) is 0 Å². The second-order valence-electron chi connectivity index (χ2n) is 3.88. The van der Waals surface area contributed by atoms with Gasteiger partial charge in [0.1, 0.15) is 0 Å². The lowest BCUT2D eigenvalue weighted by Crippen LogP contribution is -2.28. The summed E-state index contributed by atoms with van der Waals surface area (Å²) in [6.07, 6.45) is 1.87. The fraction of sp³-hybridized carbons (Fsp3) is 0.750. The van der Waals surface area contributed by atoms with E-state index < -0.39 is 5.97 Å². The molecule has 0 heterocycles. The van der Waals surface area contributed by atoms with Gasteiger partial charge in [-0.05, 0) is 44.0 Å². The largest absolute Gasteiger partial charge is 0.545 e. The number of carbonyl (C=O) groups is 1. The molecule has 0 aliphatic heterocycles. The van der Waals surface area contributed by atoms with Crippen molar-refractivity contribution in [2.45, 2.75) is 33.6 Å². The molecule has 0 rings (SSSR count). The van der Waals surface area contributed by atoms with Crippen molar-refractivity contribution in [2.75, 3.05) is 19.6 Å². The van der Waals surface area contributed by atoms with Crippen LogP contribution in [0.5, 0.6) is 0 Å². The molecular formula is C12H22NO2-. The Balaban J connectivity index is 3.76. The first-order valence-corrected chi connectivity index (χ1v) is 5.65. The molecule has 0 N–H and O–H groups in total. The summed E-state index contributed by atoms with van der Waals surface area (Å²) >= 11 is 0. The summed E-state index contributed by atoms with van der Waals surface area (Å²) in [5.74, 6) is -1.10. The Morgan fingerprint density at radius 1 is 1.40 bits per heavy atom. The van der Waals surface area contributed by atoms with Gasteiger partial charge in [0.25, 0.3) is 0 Å². The van der Waals surface area contributed by atoms with Crippen LogP contribution in [-0.2, 0) is 4.79 Å². The third kappa shape index (κ3) is 5.57. The summed E-state index contributed by atoms with van der Waals surface area (Å²) in [4.78, 5) is 12.9. The molecule has 0 fully saturated rings. The van der Waals surface area contributed by atoms with E-state index in [9.17, 15) is 9.90 Å². The monoisotopic (exact) mass is 212 g/mol. The number of hydrogen-bond donors (Lipinski definition) is 0. The molecule has 0 amide bonds. The molecule has 0 saturated carbocycles. The zero-order valence-electron chi connectivity index (χ0n) is 10.1. The van der Waals surface area contributed by atoms with Crippen molar-refractivity contribution in [3.63, 3.8) is 0 Å². The lowest BCUT2D eigenvalue weighted by Gasteiger charge is -2.20. The first kappa shape index (κ1) is 14.2. The maximum Gasteiger partial charge on any atom is 0.0671 e. The Kier molecular flexibility index (Phi) is 7.05. The van der Waals surface area contributed by atoms with Crippen molar-refractivity contribution < 1.29 is 9.90 Å². The van der Waals surface area contributed by atoms with Crippen LogP contribution in [0.1, 0.15) is 33.6 Å². The topological polar surface area (TPSA) is 43.4 Å². The maximum absolute atomic E-state index is 10.5. The van der Waals surface area contributed by atoms with Crippen molar-refractivity contribution in [2.24, 2.45) is 5.92 Å². The van der Waals surface area contributed by atoms with Gasteiger partial charge in [-0.25, -0.2) is 0 Å². The van der Waals surface area contributed by atoms with Crippen LogP contribution in [0.2, 0.25) is 0 Å². The van der Waals surface area contributed by atoms with Crippen LogP contribution in [0.15, 0.2) is 12.2 Å². The number of rotatable bonds is 8. The fourth-order valence-electron chi connectivity index (χ4n) is 1.54. The number of carboxylic acids is 1. The van der Waals surface area contributed by atoms with E-state index >= 15 is 0 Å². The molecule has 3 heteroatoms. The predicted molar refractivity (Wildman–Crippen MR) is 60.3 cm³/mol. The molecule has 15 heavy (non-hydrogen) atoms. The van der Waals surface area contributed by atoms with Crippen LogP contribution >= 0.6 is 0 Å². The van der Waals surface area contributed by atoms with Gasteiger partial charge in [0.2, 0.25) is 0 Å². The first-order chi connectivity index (χ1) is 7.02. The summed E-state index contributed by atoms with van der Waals surface area (Å²) in [6, 6.07) is 0. The highest BCUT2D eigenvalue weighted by molar-refractivity contribution is 5.84. The van der Waals surface area contributed by atoms with Crippen LogP contribution in [0.4, 0.5) is 0 Å². The number of carboxylic acid groups (broad SMARTS) is 1. The number of nitrogens with zero attached hydrogens (tertiary/aromatic N) is 1. The summed E-state index contributed by atoms with van der Waals surface area (Å²) in [5.41, 5.74) is 0.217. The summed E-state index contributed by atoms with van der Waals surface area (Å²) in [7, 11) is 0. The molecule has 0 aromatic rings.